The van der Waals surface area contributed by atoms with Crippen molar-refractivity contribution in [3.63, 3.8) is 0 Å². The molecule has 1 aliphatic heterocycles. The molecule has 1 N–H and O–H groups in total. The van der Waals surface area contributed by atoms with E-state index in [1.165, 1.54) is 12.2 Å². The van der Waals surface area contributed by atoms with Gasteiger partial charge in [0.15, 0.2) is 5.78 Å². The maximum Gasteiger partial charge on any atom is 0.178 e. The van der Waals surface area contributed by atoms with Crippen molar-refractivity contribution in [1.82, 2.24) is 5.06 Å². The lowest BCUT2D eigenvalue weighted by Crippen LogP contribution is -2.13. The quantitative estimate of drug-likeness (QED) is 0.627. The fourth-order valence-corrected chi connectivity index (χ4v) is 1.29. The summed E-state index contributed by atoms with van der Waals surface area (Å²) in [7, 11) is 0. The number of rotatable bonds is 0. The van der Waals surface area contributed by atoms with Crippen molar-refractivity contribution in [3.8, 4) is 0 Å². The van der Waals surface area contributed by atoms with Gasteiger partial charge in [-0.3, -0.25) is 10.0 Å². The standard InChI is InChI=1S/C11H9NO2/c13-10-6-4-9(5-7-10)11-3-1-2-8-12(11)14/h1-8,14H. The molecule has 3 nitrogen and oxygen atoms in total. The van der Waals surface area contributed by atoms with Crippen LogP contribution in [-0.4, -0.2) is 16.1 Å². The van der Waals surface area contributed by atoms with E-state index in [-0.39, 0.29) is 5.78 Å². The molecule has 2 aliphatic rings. The molecule has 0 aromatic heterocycles. The minimum atomic E-state index is -0.0332. The number of carbonyl (C=O) groups excluding carboxylic acids is 1. The predicted octanol–water partition coefficient (Wildman–Crippen LogP) is 1.71. The lowest BCUT2D eigenvalue weighted by Gasteiger charge is -2.18. The Labute approximate surface area is 81.6 Å². The van der Waals surface area contributed by atoms with Crippen LogP contribution < -0.4 is 0 Å². The summed E-state index contributed by atoms with van der Waals surface area (Å²) in [4.78, 5) is 10.9. The number of allylic oxidation sites excluding steroid dienone is 8. The second-order valence-corrected chi connectivity index (χ2v) is 2.95. The van der Waals surface area contributed by atoms with Crippen LogP contribution in [0, 0.1) is 0 Å². The molecule has 3 heteroatoms. The van der Waals surface area contributed by atoms with E-state index < -0.39 is 0 Å². The van der Waals surface area contributed by atoms with E-state index >= 15 is 0 Å². The Bertz CT molecular complexity index is 393. The van der Waals surface area contributed by atoms with Gasteiger partial charge in [-0.05, 0) is 36.5 Å². The Morgan fingerprint density at radius 1 is 1.00 bits per heavy atom. The molecule has 1 aliphatic carbocycles. The van der Waals surface area contributed by atoms with Gasteiger partial charge in [-0.2, -0.15) is 0 Å². The summed E-state index contributed by atoms with van der Waals surface area (Å²) < 4.78 is 0. The molecule has 0 bridgehead atoms. The van der Waals surface area contributed by atoms with Crippen molar-refractivity contribution in [3.05, 3.63) is 60.0 Å². The van der Waals surface area contributed by atoms with E-state index in [0.29, 0.717) is 5.70 Å². The fraction of sp³-hybridized carbons (Fsp3) is 0. The van der Waals surface area contributed by atoms with Gasteiger partial charge < -0.3 is 0 Å². The number of ketones is 1. The summed E-state index contributed by atoms with van der Waals surface area (Å²) in [6.07, 6.45) is 13.2. The molecule has 0 atom stereocenters. The van der Waals surface area contributed by atoms with Crippen molar-refractivity contribution in [2.75, 3.05) is 0 Å². The first-order valence-electron chi connectivity index (χ1n) is 4.25. The van der Waals surface area contributed by atoms with Gasteiger partial charge in [-0.15, -0.1) is 0 Å². The SMILES string of the molecule is O=C1C=CC(=C2C=CC=CN2O)C=C1. The average molecular weight is 187 g/mol. The molecule has 1 heterocycles. The van der Waals surface area contributed by atoms with Crippen molar-refractivity contribution < 1.29 is 10.0 Å². The van der Waals surface area contributed by atoms with Gasteiger partial charge in [0, 0.05) is 11.8 Å². The Morgan fingerprint density at radius 2 is 1.71 bits per heavy atom. The number of hydrogen-bond acceptors (Lipinski definition) is 3. The van der Waals surface area contributed by atoms with E-state index in [1.807, 2.05) is 6.08 Å². The highest BCUT2D eigenvalue weighted by atomic mass is 16.5. The molecular weight excluding hydrogens is 178 g/mol. The zero-order valence-corrected chi connectivity index (χ0v) is 7.42. The van der Waals surface area contributed by atoms with E-state index in [0.717, 1.165) is 10.6 Å². The first-order valence-corrected chi connectivity index (χ1v) is 4.25. The molecule has 0 aromatic carbocycles. The number of carbonyl (C=O) groups is 1. The summed E-state index contributed by atoms with van der Waals surface area (Å²) in [6.45, 7) is 0. The number of hydroxylamine groups is 2. The van der Waals surface area contributed by atoms with Gasteiger partial charge in [0.1, 0.15) is 0 Å². The van der Waals surface area contributed by atoms with Crippen LogP contribution in [-0.2, 0) is 4.79 Å². The van der Waals surface area contributed by atoms with E-state index in [9.17, 15) is 10.0 Å². The Kier molecular flexibility index (Phi) is 2.16. The number of nitrogens with zero attached hydrogens (tertiary/aromatic N) is 1. The van der Waals surface area contributed by atoms with Crippen molar-refractivity contribution in [2.45, 2.75) is 0 Å². The van der Waals surface area contributed by atoms with Crippen LogP contribution in [0.3, 0.4) is 0 Å². The van der Waals surface area contributed by atoms with Crippen LogP contribution in [0.25, 0.3) is 0 Å². The Hall–Kier alpha value is -1.87. The smallest absolute Gasteiger partial charge is 0.178 e. The van der Waals surface area contributed by atoms with Crippen molar-refractivity contribution in [1.29, 1.82) is 0 Å². The summed E-state index contributed by atoms with van der Waals surface area (Å²) >= 11 is 0. The third kappa shape index (κ3) is 1.58. The van der Waals surface area contributed by atoms with Crippen molar-refractivity contribution >= 4 is 5.78 Å². The molecule has 14 heavy (non-hydrogen) atoms. The van der Waals surface area contributed by atoms with Crippen molar-refractivity contribution in [2.24, 2.45) is 0 Å². The molecular formula is C11H9NO2. The van der Waals surface area contributed by atoms with Gasteiger partial charge >= 0.3 is 0 Å². The Morgan fingerprint density at radius 3 is 2.36 bits per heavy atom. The molecule has 2 rings (SSSR count). The summed E-state index contributed by atoms with van der Waals surface area (Å²) in [6, 6.07) is 0. The Balaban J connectivity index is 2.37. The molecule has 0 fully saturated rings. The largest absolute Gasteiger partial charge is 0.290 e. The molecule has 0 radical (unpaired) electrons. The fourth-order valence-electron chi connectivity index (χ4n) is 1.29. The minimum absolute atomic E-state index is 0.0332. The molecule has 0 saturated heterocycles. The summed E-state index contributed by atoms with van der Waals surface area (Å²) in [5, 5.41) is 10.5. The maximum atomic E-state index is 10.9. The molecule has 0 saturated carbocycles. The molecule has 0 spiro atoms. The molecule has 0 aromatic rings. The zero-order valence-electron chi connectivity index (χ0n) is 7.42. The predicted molar refractivity (Wildman–Crippen MR) is 52.2 cm³/mol. The topological polar surface area (TPSA) is 40.5 Å². The highest BCUT2D eigenvalue weighted by Gasteiger charge is 2.09. The first kappa shape index (κ1) is 8.72. The van der Waals surface area contributed by atoms with Crippen LogP contribution in [0.15, 0.2) is 60.0 Å². The normalized spacial score (nSPS) is 19.8. The second-order valence-electron chi connectivity index (χ2n) is 2.95. The monoisotopic (exact) mass is 187 g/mol. The van der Waals surface area contributed by atoms with E-state index in [1.54, 1.807) is 30.5 Å². The highest BCUT2D eigenvalue weighted by molar-refractivity contribution is 6.01. The minimum Gasteiger partial charge on any atom is -0.290 e. The first-order chi connectivity index (χ1) is 6.77. The van der Waals surface area contributed by atoms with Gasteiger partial charge in [-0.25, -0.2) is 5.06 Å². The molecule has 0 amide bonds. The zero-order chi connectivity index (χ0) is 9.97. The van der Waals surface area contributed by atoms with Crippen LogP contribution in [0.4, 0.5) is 0 Å². The van der Waals surface area contributed by atoms with Gasteiger partial charge in [-0.1, -0.05) is 6.08 Å². The maximum absolute atomic E-state index is 10.9. The third-order valence-electron chi connectivity index (χ3n) is 1.99. The molecule has 70 valence electrons. The average Bonchev–Trinajstić information content (AvgIpc) is 2.20. The summed E-state index contributed by atoms with van der Waals surface area (Å²) in [5.74, 6) is -0.0332. The van der Waals surface area contributed by atoms with Gasteiger partial charge in [0.05, 0.1) is 5.70 Å². The van der Waals surface area contributed by atoms with Gasteiger partial charge in [0.2, 0.25) is 0 Å². The van der Waals surface area contributed by atoms with Crippen LogP contribution in [0.5, 0.6) is 0 Å². The third-order valence-corrected chi connectivity index (χ3v) is 1.99. The highest BCUT2D eigenvalue weighted by Crippen LogP contribution is 2.18. The van der Waals surface area contributed by atoms with Crippen LogP contribution in [0.2, 0.25) is 0 Å². The number of hydrogen-bond donors (Lipinski definition) is 1. The van der Waals surface area contributed by atoms with Crippen LogP contribution in [0.1, 0.15) is 0 Å². The molecule has 0 unspecified atom stereocenters. The van der Waals surface area contributed by atoms with E-state index in [2.05, 4.69) is 0 Å². The lowest BCUT2D eigenvalue weighted by atomic mass is 10.1. The van der Waals surface area contributed by atoms with E-state index in [4.69, 9.17) is 0 Å². The van der Waals surface area contributed by atoms with Crippen LogP contribution >= 0.6 is 0 Å². The van der Waals surface area contributed by atoms with Gasteiger partial charge in [0.25, 0.3) is 0 Å². The summed E-state index contributed by atoms with van der Waals surface area (Å²) in [5.41, 5.74) is 1.47. The second kappa shape index (κ2) is 3.47. The lowest BCUT2D eigenvalue weighted by molar-refractivity contribution is -0.110.